The first kappa shape index (κ1) is 18.4. The van der Waals surface area contributed by atoms with Gasteiger partial charge in [-0.3, -0.25) is 0 Å². The fourth-order valence-corrected chi connectivity index (χ4v) is 3.94. The van der Waals surface area contributed by atoms with E-state index >= 15 is 0 Å². The Labute approximate surface area is 166 Å². The van der Waals surface area contributed by atoms with E-state index in [1.807, 2.05) is 24.3 Å². The maximum Gasteiger partial charge on any atom is 0.127 e. The van der Waals surface area contributed by atoms with Crippen molar-refractivity contribution in [3.05, 3.63) is 77.4 Å². The summed E-state index contributed by atoms with van der Waals surface area (Å²) in [6.45, 7) is 0.900. The molecule has 0 fully saturated rings. The Morgan fingerprint density at radius 3 is 2.29 bits per heavy atom. The van der Waals surface area contributed by atoms with Crippen molar-refractivity contribution in [1.29, 1.82) is 0 Å². The third-order valence-corrected chi connectivity index (χ3v) is 5.35. The summed E-state index contributed by atoms with van der Waals surface area (Å²) in [5, 5.41) is 3.64. The van der Waals surface area contributed by atoms with Crippen molar-refractivity contribution in [2.75, 3.05) is 27.9 Å². The van der Waals surface area contributed by atoms with Crippen LogP contribution in [0.4, 0.5) is 0 Å². The van der Waals surface area contributed by atoms with Gasteiger partial charge in [0.1, 0.15) is 17.2 Å². The summed E-state index contributed by atoms with van der Waals surface area (Å²) < 4.78 is 17.0. The third-order valence-electron chi connectivity index (χ3n) is 5.35. The van der Waals surface area contributed by atoms with E-state index in [1.165, 1.54) is 11.1 Å². The molecule has 144 valence electrons. The molecule has 0 saturated heterocycles. The molecule has 1 aliphatic rings. The Morgan fingerprint density at radius 1 is 0.786 bits per heavy atom. The molecule has 0 amide bonds. The van der Waals surface area contributed by atoms with E-state index in [1.54, 1.807) is 21.3 Å². The lowest BCUT2D eigenvalue weighted by molar-refractivity contribution is 0.393. The van der Waals surface area contributed by atoms with Crippen LogP contribution in [0, 0.1) is 0 Å². The lowest BCUT2D eigenvalue weighted by atomic mass is 9.88. The maximum atomic E-state index is 5.80. The molecule has 0 aromatic heterocycles. The highest BCUT2D eigenvalue weighted by atomic mass is 16.5. The predicted octanol–water partition coefficient (Wildman–Crippen LogP) is 4.61. The predicted molar refractivity (Wildman–Crippen MR) is 112 cm³/mol. The van der Waals surface area contributed by atoms with Gasteiger partial charge in [-0.25, -0.2) is 0 Å². The number of benzene rings is 3. The Morgan fingerprint density at radius 2 is 1.57 bits per heavy atom. The highest BCUT2D eigenvalue weighted by Crippen LogP contribution is 2.42. The standard InChI is InChI=1S/C24H25NO3/c1-26-18-9-10-19-17(13-18)11-12-25-24(19)21-15-22(27-2)20(14-23(21)28-3)16-7-5-4-6-8-16/h4-10,13-15,24-25H,11-12H2,1-3H3. The molecule has 0 bridgehead atoms. The molecule has 28 heavy (non-hydrogen) atoms. The van der Waals surface area contributed by atoms with Crippen LogP contribution in [0.5, 0.6) is 17.2 Å². The Kier molecular flexibility index (Phi) is 5.22. The monoisotopic (exact) mass is 375 g/mol. The first-order chi connectivity index (χ1) is 13.7. The zero-order chi connectivity index (χ0) is 19.5. The van der Waals surface area contributed by atoms with Gasteiger partial charge in [0.2, 0.25) is 0 Å². The number of hydrogen-bond donors (Lipinski definition) is 1. The zero-order valence-corrected chi connectivity index (χ0v) is 16.5. The van der Waals surface area contributed by atoms with Crippen LogP contribution < -0.4 is 19.5 Å². The number of hydrogen-bond acceptors (Lipinski definition) is 4. The summed E-state index contributed by atoms with van der Waals surface area (Å²) in [6.07, 6.45) is 0.977. The summed E-state index contributed by atoms with van der Waals surface area (Å²) in [5.41, 5.74) is 5.75. The van der Waals surface area contributed by atoms with Crippen LogP contribution in [0.1, 0.15) is 22.7 Å². The van der Waals surface area contributed by atoms with Crippen LogP contribution in [0.2, 0.25) is 0 Å². The Hall–Kier alpha value is -2.98. The summed E-state index contributed by atoms with van der Waals surface area (Å²) >= 11 is 0. The van der Waals surface area contributed by atoms with E-state index < -0.39 is 0 Å². The zero-order valence-electron chi connectivity index (χ0n) is 16.5. The SMILES string of the molecule is COc1ccc2c(c1)CCNC2c1cc(OC)c(-c2ccccc2)cc1OC. The molecule has 1 unspecified atom stereocenters. The summed E-state index contributed by atoms with van der Waals surface area (Å²) in [4.78, 5) is 0. The van der Waals surface area contributed by atoms with Crippen LogP contribution in [0.25, 0.3) is 11.1 Å². The molecule has 3 aromatic rings. The van der Waals surface area contributed by atoms with Crippen LogP contribution in [-0.4, -0.2) is 27.9 Å². The molecule has 4 heteroatoms. The van der Waals surface area contributed by atoms with Gasteiger partial charge in [-0.15, -0.1) is 0 Å². The second kappa shape index (κ2) is 7.95. The molecule has 1 aliphatic heterocycles. The van der Waals surface area contributed by atoms with Gasteiger partial charge < -0.3 is 19.5 Å². The first-order valence-electron chi connectivity index (χ1n) is 9.46. The van der Waals surface area contributed by atoms with Gasteiger partial charge in [-0.05, 0) is 47.4 Å². The van der Waals surface area contributed by atoms with E-state index in [0.29, 0.717) is 0 Å². The summed E-state index contributed by atoms with van der Waals surface area (Å²) in [7, 11) is 5.14. The molecule has 1 heterocycles. The molecule has 0 saturated carbocycles. The molecule has 0 radical (unpaired) electrons. The van der Waals surface area contributed by atoms with E-state index in [4.69, 9.17) is 14.2 Å². The molecule has 1 atom stereocenters. The molecular weight excluding hydrogens is 350 g/mol. The smallest absolute Gasteiger partial charge is 0.127 e. The summed E-state index contributed by atoms with van der Waals surface area (Å²) in [5.74, 6) is 2.58. The van der Waals surface area contributed by atoms with Gasteiger partial charge in [0.25, 0.3) is 0 Å². The van der Waals surface area contributed by atoms with Gasteiger partial charge >= 0.3 is 0 Å². The third kappa shape index (κ3) is 3.32. The highest BCUT2D eigenvalue weighted by Gasteiger charge is 2.26. The second-order valence-corrected chi connectivity index (χ2v) is 6.86. The second-order valence-electron chi connectivity index (χ2n) is 6.86. The number of ether oxygens (including phenoxy) is 3. The molecule has 0 spiro atoms. The quantitative estimate of drug-likeness (QED) is 0.707. The minimum absolute atomic E-state index is 0.0447. The topological polar surface area (TPSA) is 39.7 Å². The lowest BCUT2D eigenvalue weighted by Crippen LogP contribution is -2.30. The summed E-state index contributed by atoms with van der Waals surface area (Å²) in [6, 6.07) is 20.7. The number of nitrogens with one attached hydrogen (secondary N) is 1. The number of rotatable bonds is 5. The van der Waals surface area contributed by atoms with E-state index in [2.05, 4.69) is 41.7 Å². The van der Waals surface area contributed by atoms with Gasteiger partial charge in [-0.1, -0.05) is 36.4 Å². The van der Waals surface area contributed by atoms with Crippen molar-refractivity contribution < 1.29 is 14.2 Å². The average molecular weight is 375 g/mol. The van der Waals surface area contributed by atoms with Crippen LogP contribution in [0.3, 0.4) is 0 Å². The highest BCUT2D eigenvalue weighted by molar-refractivity contribution is 5.73. The first-order valence-corrected chi connectivity index (χ1v) is 9.46. The Balaban J connectivity index is 1.83. The fourth-order valence-electron chi connectivity index (χ4n) is 3.94. The minimum atomic E-state index is 0.0447. The molecule has 0 aliphatic carbocycles. The molecular formula is C24H25NO3. The normalized spacial score (nSPS) is 15.6. The van der Waals surface area contributed by atoms with Gasteiger partial charge in [0, 0.05) is 17.7 Å². The van der Waals surface area contributed by atoms with E-state index in [0.717, 1.165) is 46.9 Å². The maximum absolute atomic E-state index is 5.80. The largest absolute Gasteiger partial charge is 0.497 e. The van der Waals surface area contributed by atoms with Crippen molar-refractivity contribution in [3.8, 4) is 28.4 Å². The van der Waals surface area contributed by atoms with Gasteiger partial charge in [-0.2, -0.15) is 0 Å². The van der Waals surface area contributed by atoms with Crippen molar-refractivity contribution in [3.63, 3.8) is 0 Å². The van der Waals surface area contributed by atoms with Crippen LogP contribution >= 0.6 is 0 Å². The van der Waals surface area contributed by atoms with Crippen LogP contribution in [0.15, 0.2) is 60.7 Å². The molecule has 3 aromatic carbocycles. The van der Waals surface area contributed by atoms with Crippen molar-refractivity contribution >= 4 is 0 Å². The average Bonchev–Trinajstić information content (AvgIpc) is 2.77. The van der Waals surface area contributed by atoms with Crippen molar-refractivity contribution in [1.82, 2.24) is 5.32 Å². The fraction of sp³-hybridized carbons (Fsp3) is 0.250. The molecule has 1 N–H and O–H groups in total. The minimum Gasteiger partial charge on any atom is -0.497 e. The number of methoxy groups -OCH3 is 3. The number of fused-ring (bicyclic) bond motifs is 1. The molecule has 4 rings (SSSR count). The van der Waals surface area contributed by atoms with Crippen LogP contribution in [-0.2, 0) is 6.42 Å². The van der Waals surface area contributed by atoms with Gasteiger partial charge in [0.05, 0.1) is 27.4 Å². The molecule has 4 nitrogen and oxygen atoms in total. The lowest BCUT2D eigenvalue weighted by Gasteiger charge is -2.29. The van der Waals surface area contributed by atoms with Crippen molar-refractivity contribution in [2.24, 2.45) is 0 Å². The van der Waals surface area contributed by atoms with Gasteiger partial charge in [0.15, 0.2) is 0 Å². The Bertz CT molecular complexity index is 969. The van der Waals surface area contributed by atoms with Crippen molar-refractivity contribution in [2.45, 2.75) is 12.5 Å². The van der Waals surface area contributed by atoms with E-state index in [-0.39, 0.29) is 6.04 Å². The van der Waals surface area contributed by atoms with E-state index in [9.17, 15) is 0 Å².